The summed E-state index contributed by atoms with van der Waals surface area (Å²) in [6.07, 6.45) is 4.49. The second-order valence-corrected chi connectivity index (χ2v) is 10.8. The number of hydrogen-bond acceptors (Lipinski definition) is 5. The SMILES string of the molecule is O=C(Nc1ccccc1C(=O)NC[C@H]1CCCO1)c1cc(S(=O)(=O)N2CCCCC2)ccc1Cl. The number of para-hydroxylation sites is 1. The second-order valence-electron chi connectivity index (χ2n) is 8.45. The van der Waals surface area contributed by atoms with E-state index >= 15 is 0 Å². The first-order valence-corrected chi connectivity index (χ1v) is 13.3. The maximum atomic E-state index is 13.1. The summed E-state index contributed by atoms with van der Waals surface area (Å²) in [7, 11) is -3.73. The Hall–Kier alpha value is -2.46. The number of hydrogen-bond donors (Lipinski definition) is 2. The van der Waals surface area contributed by atoms with E-state index in [9.17, 15) is 18.0 Å². The van der Waals surface area contributed by atoms with Gasteiger partial charge in [-0.1, -0.05) is 30.2 Å². The summed E-state index contributed by atoms with van der Waals surface area (Å²) in [5.74, 6) is -0.931. The standard InChI is InChI=1S/C24H28ClN3O5S/c25-21-11-10-18(34(31,32)28-12-4-1-5-13-28)15-20(21)24(30)27-22-9-3-2-8-19(22)23(29)26-16-17-7-6-14-33-17/h2-3,8-11,15,17H,1,4-7,12-14,16H2,(H,26,29)(H,27,30)/t17-/m1/s1. The van der Waals surface area contributed by atoms with E-state index in [1.807, 2.05) is 0 Å². The third kappa shape index (κ3) is 5.60. The van der Waals surface area contributed by atoms with Crippen molar-refractivity contribution >= 4 is 39.1 Å². The molecular formula is C24H28ClN3O5S. The summed E-state index contributed by atoms with van der Waals surface area (Å²) in [6, 6.07) is 10.7. The molecule has 10 heteroatoms. The van der Waals surface area contributed by atoms with Crippen molar-refractivity contribution < 1.29 is 22.7 Å². The topological polar surface area (TPSA) is 105 Å². The van der Waals surface area contributed by atoms with E-state index in [4.69, 9.17) is 16.3 Å². The molecule has 2 amide bonds. The van der Waals surface area contributed by atoms with Gasteiger partial charge in [-0.3, -0.25) is 9.59 Å². The van der Waals surface area contributed by atoms with Crippen LogP contribution in [-0.4, -0.2) is 56.9 Å². The van der Waals surface area contributed by atoms with Crippen molar-refractivity contribution in [2.45, 2.75) is 43.1 Å². The van der Waals surface area contributed by atoms with E-state index in [-0.39, 0.29) is 27.5 Å². The minimum absolute atomic E-state index is 0.00546. The summed E-state index contributed by atoms with van der Waals surface area (Å²) in [5.41, 5.74) is 0.620. The van der Waals surface area contributed by atoms with E-state index in [0.717, 1.165) is 32.1 Å². The molecule has 0 spiro atoms. The predicted octanol–water partition coefficient (Wildman–Crippen LogP) is 3.68. The van der Waals surface area contributed by atoms with Crippen LogP contribution in [0.2, 0.25) is 5.02 Å². The molecule has 4 rings (SSSR count). The largest absolute Gasteiger partial charge is 0.376 e. The van der Waals surface area contributed by atoms with Crippen LogP contribution in [0.5, 0.6) is 0 Å². The Bertz CT molecular complexity index is 1160. The lowest BCUT2D eigenvalue weighted by Gasteiger charge is -2.26. The molecular weight excluding hydrogens is 478 g/mol. The number of benzene rings is 2. The molecule has 0 unspecified atom stereocenters. The lowest BCUT2D eigenvalue weighted by atomic mass is 10.1. The fraction of sp³-hybridized carbons (Fsp3) is 0.417. The maximum absolute atomic E-state index is 13.1. The van der Waals surface area contributed by atoms with Crippen molar-refractivity contribution in [1.29, 1.82) is 0 Å². The Morgan fingerprint density at radius 2 is 1.76 bits per heavy atom. The highest BCUT2D eigenvalue weighted by atomic mass is 35.5. The van der Waals surface area contributed by atoms with Gasteiger partial charge in [0.15, 0.2) is 0 Å². The van der Waals surface area contributed by atoms with Crippen LogP contribution >= 0.6 is 11.6 Å². The number of carbonyl (C=O) groups is 2. The van der Waals surface area contributed by atoms with Gasteiger partial charge in [0.1, 0.15) is 0 Å². The second kappa shape index (κ2) is 10.9. The van der Waals surface area contributed by atoms with Gasteiger partial charge in [-0.25, -0.2) is 8.42 Å². The molecule has 2 heterocycles. The zero-order chi connectivity index (χ0) is 24.1. The predicted molar refractivity (Wildman–Crippen MR) is 130 cm³/mol. The molecule has 2 aromatic rings. The normalized spacial score (nSPS) is 19.0. The monoisotopic (exact) mass is 505 g/mol. The fourth-order valence-corrected chi connectivity index (χ4v) is 5.93. The number of nitrogens with one attached hydrogen (secondary N) is 2. The molecule has 2 saturated heterocycles. The van der Waals surface area contributed by atoms with Crippen LogP contribution in [0, 0.1) is 0 Å². The first kappa shape index (κ1) is 24.7. The Balaban J connectivity index is 1.52. The Morgan fingerprint density at radius 3 is 2.50 bits per heavy atom. The molecule has 0 saturated carbocycles. The van der Waals surface area contributed by atoms with E-state index in [1.165, 1.54) is 22.5 Å². The molecule has 0 radical (unpaired) electrons. The van der Waals surface area contributed by atoms with Gasteiger partial charge in [0.25, 0.3) is 11.8 Å². The first-order valence-electron chi connectivity index (χ1n) is 11.5. The summed E-state index contributed by atoms with van der Waals surface area (Å²) < 4.78 is 33.1. The molecule has 0 bridgehead atoms. The van der Waals surface area contributed by atoms with E-state index in [1.54, 1.807) is 24.3 Å². The van der Waals surface area contributed by atoms with Crippen LogP contribution < -0.4 is 10.6 Å². The molecule has 2 N–H and O–H groups in total. The van der Waals surface area contributed by atoms with Gasteiger partial charge < -0.3 is 15.4 Å². The zero-order valence-corrected chi connectivity index (χ0v) is 20.3. The number of sulfonamides is 1. The molecule has 34 heavy (non-hydrogen) atoms. The Morgan fingerprint density at radius 1 is 1.00 bits per heavy atom. The van der Waals surface area contributed by atoms with Gasteiger partial charge in [-0.05, 0) is 56.0 Å². The van der Waals surface area contributed by atoms with Crippen molar-refractivity contribution in [3.05, 3.63) is 58.6 Å². The van der Waals surface area contributed by atoms with Crippen molar-refractivity contribution in [3.63, 3.8) is 0 Å². The number of amides is 2. The number of nitrogens with zero attached hydrogens (tertiary/aromatic N) is 1. The lowest BCUT2D eigenvalue weighted by molar-refractivity contribution is 0.0858. The van der Waals surface area contributed by atoms with Crippen LogP contribution in [0.1, 0.15) is 52.8 Å². The van der Waals surface area contributed by atoms with Crippen LogP contribution in [0.15, 0.2) is 47.4 Å². The third-order valence-corrected chi connectivity index (χ3v) is 8.29. The average molecular weight is 506 g/mol. The minimum Gasteiger partial charge on any atom is -0.376 e. The van der Waals surface area contributed by atoms with Crippen molar-refractivity contribution in [2.75, 3.05) is 31.6 Å². The number of ether oxygens (including phenoxy) is 1. The Labute approximate surface area is 204 Å². The number of rotatable bonds is 7. The summed E-state index contributed by atoms with van der Waals surface area (Å²) in [5, 5.41) is 5.68. The van der Waals surface area contributed by atoms with Crippen molar-refractivity contribution in [2.24, 2.45) is 0 Å². The minimum atomic E-state index is -3.73. The number of anilines is 1. The maximum Gasteiger partial charge on any atom is 0.257 e. The molecule has 2 fully saturated rings. The summed E-state index contributed by atoms with van der Waals surface area (Å²) in [4.78, 5) is 25.8. The van der Waals surface area contributed by atoms with Gasteiger partial charge in [-0.15, -0.1) is 0 Å². The van der Waals surface area contributed by atoms with E-state index in [2.05, 4.69) is 10.6 Å². The van der Waals surface area contributed by atoms with Crippen molar-refractivity contribution in [3.8, 4) is 0 Å². The smallest absolute Gasteiger partial charge is 0.257 e. The van der Waals surface area contributed by atoms with Crippen LogP contribution in [0.25, 0.3) is 0 Å². The van der Waals surface area contributed by atoms with Gasteiger partial charge in [0.05, 0.1) is 32.8 Å². The van der Waals surface area contributed by atoms with Crippen LogP contribution in [-0.2, 0) is 14.8 Å². The van der Waals surface area contributed by atoms with Gasteiger partial charge in [0.2, 0.25) is 10.0 Å². The molecule has 182 valence electrons. The summed E-state index contributed by atoms with van der Waals surface area (Å²) in [6.45, 7) is 2.01. The summed E-state index contributed by atoms with van der Waals surface area (Å²) >= 11 is 6.26. The quantitative estimate of drug-likeness (QED) is 0.597. The Kier molecular flexibility index (Phi) is 7.88. The van der Waals surface area contributed by atoms with Crippen LogP contribution in [0.3, 0.4) is 0 Å². The third-order valence-electron chi connectivity index (χ3n) is 6.07. The molecule has 2 aliphatic heterocycles. The van der Waals surface area contributed by atoms with E-state index < -0.39 is 15.9 Å². The number of carbonyl (C=O) groups excluding carboxylic acids is 2. The molecule has 1 atom stereocenters. The first-order chi connectivity index (χ1) is 16.4. The van der Waals surface area contributed by atoms with Gasteiger partial charge in [0, 0.05) is 26.2 Å². The fourth-order valence-electron chi connectivity index (χ4n) is 4.18. The molecule has 0 aromatic heterocycles. The van der Waals surface area contributed by atoms with Gasteiger partial charge >= 0.3 is 0 Å². The zero-order valence-electron chi connectivity index (χ0n) is 18.8. The highest BCUT2D eigenvalue weighted by molar-refractivity contribution is 7.89. The molecule has 2 aromatic carbocycles. The molecule has 0 aliphatic carbocycles. The number of piperidine rings is 1. The van der Waals surface area contributed by atoms with Crippen LogP contribution in [0.4, 0.5) is 5.69 Å². The van der Waals surface area contributed by atoms with Gasteiger partial charge in [-0.2, -0.15) is 4.31 Å². The lowest BCUT2D eigenvalue weighted by Crippen LogP contribution is -2.35. The average Bonchev–Trinajstić information content (AvgIpc) is 3.37. The molecule has 2 aliphatic rings. The highest BCUT2D eigenvalue weighted by Gasteiger charge is 2.27. The van der Waals surface area contributed by atoms with Crippen molar-refractivity contribution in [1.82, 2.24) is 9.62 Å². The highest BCUT2D eigenvalue weighted by Crippen LogP contribution is 2.26. The number of halogens is 1. The molecule has 8 nitrogen and oxygen atoms in total. The van der Waals surface area contributed by atoms with E-state index in [0.29, 0.717) is 37.5 Å².